The molecule has 5 nitrogen and oxygen atoms in total. The molecule has 0 spiro atoms. The predicted molar refractivity (Wildman–Crippen MR) is 74.4 cm³/mol. The normalized spacial score (nSPS) is 26.2. The highest BCUT2D eigenvalue weighted by atomic mass is 16.5. The summed E-state index contributed by atoms with van der Waals surface area (Å²) in [6, 6.07) is 0.0988. The van der Waals surface area contributed by atoms with Gasteiger partial charge in [0, 0.05) is 13.0 Å². The van der Waals surface area contributed by atoms with Gasteiger partial charge in [-0.2, -0.15) is 0 Å². The molecule has 1 heterocycles. The van der Waals surface area contributed by atoms with Crippen molar-refractivity contribution >= 4 is 11.9 Å². The number of carbonyl (C=O) groups is 2. The standard InChI is InChI=1S/C15H25NO4/c1-12-11-20-8-7-16(12)13(17)9-15(10-14(18)19)5-3-2-4-6-15/h12H,2-11H2,1H3,(H,18,19)/t12-/m1/s1. The number of carboxylic acids is 1. The summed E-state index contributed by atoms with van der Waals surface area (Å²) in [7, 11) is 0. The van der Waals surface area contributed by atoms with Gasteiger partial charge in [-0.25, -0.2) is 0 Å². The Balaban J connectivity index is 2.02. The molecule has 1 amide bonds. The summed E-state index contributed by atoms with van der Waals surface area (Å²) in [4.78, 5) is 25.6. The van der Waals surface area contributed by atoms with Crippen LogP contribution in [0.1, 0.15) is 51.9 Å². The molecule has 2 aliphatic rings. The van der Waals surface area contributed by atoms with Gasteiger partial charge in [-0.1, -0.05) is 19.3 Å². The topological polar surface area (TPSA) is 66.8 Å². The second-order valence-corrected chi connectivity index (χ2v) is 6.32. The minimum Gasteiger partial charge on any atom is -0.481 e. The Hall–Kier alpha value is -1.10. The van der Waals surface area contributed by atoms with Crippen LogP contribution in [-0.2, 0) is 14.3 Å². The van der Waals surface area contributed by atoms with E-state index in [1.807, 2.05) is 11.8 Å². The van der Waals surface area contributed by atoms with Crippen molar-refractivity contribution in [3.8, 4) is 0 Å². The Morgan fingerprint density at radius 3 is 2.55 bits per heavy atom. The minimum atomic E-state index is -0.783. The molecule has 2 rings (SSSR count). The van der Waals surface area contributed by atoms with Crippen molar-refractivity contribution in [2.24, 2.45) is 5.41 Å². The van der Waals surface area contributed by atoms with E-state index in [4.69, 9.17) is 9.84 Å². The second kappa shape index (κ2) is 6.57. The molecule has 0 unspecified atom stereocenters. The summed E-state index contributed by atoms with van der Waals surface area (Å²) >= 11 is 0. The molecule has 0 bridgehead atoms. The quantitative estimate of drug-likeness (QED) is 0.857. The zero-order chi connectivity index (χ0) is 14.6. The zero-order valence-electron chi connectivity index (χ0n) is 12.3. The third kappa shape index (κ3) is 3.72. The Labute approximate surface area is 120 Å². The number of carbonyl (C=O) groups excluding carboxylic acids is 1. The number of ether oxygens (including phenoxy) is 1. The largest absolute Gasteiger partial charge is 0.481 e. The molecular weight excluding hydrogens is 258 g/mol. The fourth-order valence-electron chi connectivity index (χ4n) is 3.56. The highest BCUT2D eigenvalue weighted by Crippen LogP contribution is 2.42. The molecule has 0 radical (unpaired) electrons. The van der Waals surface area contributed by atoms with E-state index in [-0.39, 0.29) is 23.8 Å². The van der Waals surface area contributed by atoms with Gasteiger partial charge in [0.15, 0.2) is 0 Å². The lowest BCUT2D eigenvalue weighted by atomic mass is 9.69. The van der Waals surface area contributed by atoms with E-state index in [1.54, 1.807) is 0 Å². The maximum Gasteiger partial charge on any atom is 0.303 e. The van der Waals surface area contributed by atoms with Gasteiger partial charge < -0.3 is 14.7 Å². The van der Waals surface area contributed by atoms with Gasteiger partial charge in [-0.3, -0.25) is 9.59 Å². The van der Waals surface area contributed by atoms with E-state index >= 15 is 0 Å². The van der Waals surface area contributed by atoms with Crippen LogP contribution < -0.4 is 0 Å². The van der Waals surface area contributed by atoms with Crippen LogP contribution in [0.3, 0.4) is 0 Å². The lowest BCUT2D eigenvalue weighted by molar-refractivity contribution is -0.145. The van der Waals surface area contributed by atoms with E-state index in [1.165, 1.54) is 0 Å². The van der Waals surface area contributed by atoms with Crippen molar-refractivity contribution in [3.05, 3.63) is 0 Å². The molecule has 2 fully saturated rings. The van der Waals surface area contributed by atoms with Crippen molar-refractivity contribution in [2.75, 3.05) is 19.8 Å². The number of amides is 1. The van der Waals surface area contributed by atoms with Crippen LogP contribution in [0.2, 0.25) is 0 Å². The summed E-state index contributed by atoms with van der Waals surface area (Å²) in [6.07, 6.45) is 5.47. The number of nitrogens with zero attached hydrogens (tertiary/aromatic N) is 1. The van der Waals surface area contributed by atoms with Gasteiger partial charge in [0.25, 0.3) is 0 Å². The number of morpholine rings is 1. The average molecular weight is 283 g/mol. The number of carboxylic acid groups (broad SMARTS) is 1. The summed E-state index contributed by atoms with van der Waals surface area (Å²) < 4.78 is 5.35. The molecule has 1 aliphatic heterocycles. The van der Waals surface area contributed by atoms with Crippen LogP contribution in [-0.4, -0.2) is 47.7 Å². The smallest absolute Gasteiger partial charge is 0.303 e. The first-order chi connectivity index (χ1) is 9.52. The molecule has 20 heavy (non-hydrogen) atoms. The fraction of sp³-hybridized carbons (Fsp3) is 0.867. The van der Waals surface area contributed by atoms with Crippen LogP contribution in [0, 0.1) is 5.41 Å². The maximum absolute atomic E-state index is 12.5. The fourth-order valence-corrected chi connectivity index (χ4v) is 3.56. The van der Waals surface area contributed by atoms with Crippen LogP contribution >= 0.6 is 0 Å². The Kier molecular flexibility index (Phi) is 5.02. The Morgan fingerprint density at radius 2 is 1.95 bits per heavy atom. The van der Waals surface area contributed by atoms with Crippen molar-refractivity contribution in [3.63, 3.8) is 0 Å². The van der Waals surface area contributed by atoms with Crippen LogP contribution in [0.5, 0.6) is 0 Å². The predicted octanol–water partition coefficient (Wildman–Crippen LogP) is 2.05. The van der Waals surface area contributed by atoms with Crippen molar-refractivity contribution in [1.29, 1.82) is 0 Å². The van der Waals surface area contributed by atoms with E-state index < -0.39 is 5.97 Å². The van der Waals surface area contributed by atoms with Gasteiger partial charge in [-0.15, -0.1) is 0 Å². The van der Waals surface area contributed by atoms with Gasteiger partial charge >= 0.3 is 5.97 Å². The molecule has 1 saturated carbocycles. The van der Waals surface area contributed by atoms with Crippen molar-refractivity contribution < 1.29 is 19.4 Å². The van der Waals surface area contributed by atoms with Gasteiger partial charge in [0.05, 0.1) is 25.7 Å². The van der Waals surface area contributed by atoms with Gasteiger partial charge in [0.2, 0.25) is 5.91 Å². The molecule has 1 atom stereocenters. The second-order valence-electron chi connectivity index (χ2n) is 6.32. The first-order valence-corrected chi connectivity index (χ1v) is 7.61. The summed E-state index contributed by atoms with van der Waals surface area (Å²) in [5.41, 5.74) is -0.320. The van der Waals surface area contributed by atoms with Crippen LogP contribution in [0.15, 0.2) is 0 Å². The molecule has 5 heteroatoms. The van der Waals surface area contributed by atoms with Crippen LogP contribution in [0.4, 0.5) is 0 Å². The Morgan fingerprint density at radius 1 is 1.25 bits per heavy atom. The SMILES string of the molecule is C[C@@H]1COCCN1C(=O)CC1(CC(=O)O)CCCCC1. The average Bonchev–Trinajstić information content (AvgIpc) is 2.39. The number of rotatable bonds is 4. The first-order valence-electron chi connectivity index (χ1n) is 7.61. The third-order valence-electron chi connectivity index (χ3n) is 4.65. The summed E-state index contributed by atoms with van der Waals surface area (Å²) in [5.74, 6) is -0.682. The number of aliphatic carboxylic acids is 1. The molecule has 114 valence electrons. The van der Waals surface area contributed by atoms with Crippen molar-refractivity contribution in [1.82, 2.24) is 4.90 Å². The molecule has 0 aromatic carbocycles. The Bertz CT molecular complexity index is 363. The number of hydrogen-bond donors (Lipinski definition) is 1. The molecule has 1 saturated heterocycles. The molecule has 1 aliphatic carbocycles. The van der Waals surface area contributed by atoms with E-state index in [9.17, 15) is 9.59 Å². The van der Waals surface area contributed by atoms with Gasteiger partial charge in [0.1, 0.15) is 0 Å². The molecule has 1 N–H and O–H groups in total. The lowest BCUT2D eigenvalue weighted by Crippen LogP contribution is -2.48. The first kappa shape index (κ1) is 15.3. The maximum atomic E-state index is 12.5. The summed E-state index contributed by atoms with van der Waals surface area (Å²) in [6.45, 7) is 3.78. The molecular formula is C15H25NO4. The molecule has 0 aromatic rings. The van der Waals surface area contributed by atoms with E-state index in [0.717, 1.165) is 32.1 Å². The summed E-state index contributed by atoms with van der Waals surface area (Å²) in [5, 5.41) is 9.16. The van der Waals surface area contributed by atoms with Crippen LogP contribution in [0.25, 0.3) is 0 Å². The number of hydrogen-bond acceptors (Lipinski definition) is 3. The minimum absolute atomic E-state index is 0.0988. The van der Waals surface area contributed by atoms with Gasteiger partial charge in [-0.05, 0) is 25.2 Å². The van der Waals surface area contributed by atoms with E-state index in [0.29, 0.717) is 26.2 Å². The van der Waals surface area contributed by atoms with Crippen molar-refractivity contribution in [2.45, 2.75) is 57.9 Å². The highest BCUT2D eigenvalue weighted by molar-refractivity contribution is 5.78. The third-order valence-corrected chi connectivity index (χ3v) is 4.65. The lowest BCUT2D eigenvalue weighted by Gasteiger charge is -2.39. The highest BCUT2D eigenvalue weighted by Gasteiger charge is 2.38. The monoisotopic (exact) mass is 283 g/mol. The molecule has 0 aromatic heterocycles. The zero-order valence-corrected chi connectivity index (χ0v) is 12.3. The van der Waals surface area contributed by atoms with E-state index in [2.05, 4.69) is 0 Å².